The number of aryl methyl sites for hydroxylation is 2. The fourth-order valence-electron chi connectivity index (χ4n) is 0.997. The summed E-state index contributed by atoms with van der Waals surface area (Å²) in [5.74, 6) is 0.316. The molecule has 11 heavy (non-hydrogen) atoms. The average Bonchev–Trinajstić information content (AvgIpc) is 1.98. The molecule has 0 aliphatic carbocycles. The highest BCUT2D eigenvalue weighted by atomic mass is 35.5. The lowest BCUT2D eigenvalue weighted by atomic mass is 10.1. The highest BCUT2D eigenvalue weighted by Crippen LogP contribution is 2.10. The predicted molar refractivity (Wildman–Crippen MR) is 45.6 cm³/mol. The van der Waals surface area contributed by atoms with Gasteiger partial charge in [-0.2, -0.15) is 0 Å². The van der Waals surface area contributed by atoms with Crippen molar-refractivity contribution in [1.29, 1.82) is 0 Å². The SMILES string of the molecule is Cc1ccc(F)c(CCCl)c1. The van der Waals surface area contributed by atoms with Crippen LogP contribution in [0.1, 0.15) is 11.1 Å². The Bertz CT molecular complexity index is 245. The average molecular weight is 173 g/mol. The van der Waals surface area contributed by atoms with Crippen LogP contribution in [-0.2, 0) is 6.42 Å². The highest BCUT2D eigenvalue weighted by molar-refractivity contribution is 6.17. The van der Waals surface area contributed by atoms with Crippen LogP contribution in [0.3, 0.4) is 0 Å². The molecule has 1 aromatic carbocycles. The number of hydrogen-bond donors (Lipinski definition) is 0. The molecule has 0 nitrogen and oxygen atoms in total. The molecule has 0 N–H and O–H groups in total. The van der Waals surface area contributed by atoms with Gasteiger partial charge in [0.25, 0.3) is 0 Å². The molecule has 0 saturated heterocycles. The molecule has 0 amide bonds. The summed E-state index contributed by atoms with van der Waals surface area (Å²) in [5.41, 5.74) is 1.78. The predicted octanol–water partition coefficient (Wildman–Crippen LogP) is 2.92. The molecule has 1 aromatic rings. The van der Waals surface area contributed by atoms with E-state index in [1.54, 1.807) is 6.07 Å². The number of benzene rings is 1. The molecule has 2 heteroatoms. The number of alkyl halides is 1. The third-order valence-electron chi connectivity index (χ3n) is 1.57. The molecule has 0 aliphatic heterocycles. The third kappa shape index (κ3) is 2.19. The molecule has 0 aromatic heterocycles. The Labute approximate surface area is 71.0 Å². The summed E-state index contributed by atoms with van der Waals surface area (Å²) < 4.78 is 12.9. The van der Waals surface area contributed by atoms with Gasteiger partial charge in [0.2, 0.25) is 0 Å². The topological polar surface area (TPSA) is 0 Å². The lowest BCUT2D eigenvalue weighted by Gasteiger charge is -2.00. The molecule has 0 radical (unpaired) electrons. The van der Waals surface area contributed by atoms with Gasteiger partial charge in [-0.3, -0.25) is 0 Å². The summed E-state index contributed by atoms with van der Waals surface area (Å²) in [6, 6.07) is 5.07. The fourth-order valence-corrected chi connectivity index (χ4v) is 1.20. The quantitative estimate of drug-likeness (QED) is 0.602. The van der Waals surface area contributed by atoms with E-state index in [2.05, 4.69) is 0 Å². The van der Waals surface area contributed by atoms with Crippen molar-refractivity contribution < 1.29 is 4.39 Å². The summed E-state index contributed by atoms with van der Waals surface area (Å²) in [7, 11) is 0. The van der Waals surface area contributed by atoms with Gasteiger partial charge in [0.05, 0.1) is 0 Å². The van der Waals surface area contributed by atoms with Gasteiger partial charge in [-0.15, -0.1) is 11.6 Å². The van der Waals surface area contributed by atoms with Crippen LogP contribution in [-0.4, -0.2) is 5.88 Å². The fraction of sp³-hybridized carbons (Fsp3) is 0.333. The number of rotatable bonds is 2. The van der Waals surface area contributed by atoms with Crippen LogP contribution in [0.4, 0.5) is 4.39 Å². The molecule has 0 atom stereocenters. The van der Waals surface area contributed by atoms with Gasteiger partial charge in [0.15, 0.2) is 0 Å². The molecular weight excluding hydrogens is 163 g/mol. The first-order chi connectivity index (χ1) is 5.24. The number of halogens is 2. The largest absolute Gasteiger partial charge is 0.207 e. The molecule has 0 spiro atoms. The van der Waals surface area contributed by atoms with E-state index >= 15 is 0 Å². The zero-order chi connectivity index (χ0) is 8.27. The van der Waals surface area contributed by atoms with Gasteiger partial charge < -0.3 is 0 Å². The Morgan fingerprint density at radius 2 is 2.18 bits per heavy atom. The first-order valence-electron chi connectivity index (χ1n) is 3.55. The van der Waals surface area contributed by atoms with Crippen molar-refractivity contribution in [3.63, 3.8) is 0 Å². The van der Waals surface area contributed by atoms with E-state index in [0.717, 1.165) is 5.56 Å². The lowest BCUT2D eigenvalue weighted by Crippen LogP contribution is -1.91. The molecular formula is C9H10ClF. The molecule has 0 aliphatic rings. The summed E-state index contributed by atoms with van der Waals surface area (Å²) in [5, 5.41) is 0. The lowest BCUT2D eigenvalue weighted by molar-refractivity contribution is 0.612. The summed E-state index contributed by atoms with van der Waals surface area (Å²) in [6.45, 7) is 1.94. The van der Waals surface area contributed by atoms with Crippen LogP contribution in [0.2, 0.25) is 0 Å². The zero-order valence-electron chi connectivity index (χ0n) is 6.40. The Balaban J connectivity index is 2.93. The van der Waals surface area contributed by atoms with E-state index < -0.39 is 0 Å². The van der Waals surface area contributed by atoms with Crippen LogP contribution >= 0.6 is 11.6 Å². The van der Waals surface area contributed by atoms with E-state index in [1.807, 2.05) is 13.0 Å². The second-order valence-electron chi connectivity index (χ2n) is 2.53. The standard InChI is InChI=1S/C9H10ClF/c1-7-2-3-9(11)8(6-7)4-5-10/h2-3,6H,4-5H2,1H3. The van der Waals surface area contributed by atoms with Gasteiger partial charge in [0.1, 0.15) is 5.82 Å². The van der Waals surface area contributed by atoms with Crippen molar-refractivity contribution in [1.82, 2.24) is 0 Å². The normalized spacial score (nSPS) is 10.1. The van der Waals surface area contributed by atoms with E-state index in [4.69, 9.17) is 11.6 Å². The van der Waals surface area contributed by atoms with Gasteiger partial charge >= 0.3 is 0 Å². The van der Waals surface area contributed by atoms with E-state index in [9.17, 15) is 4.39 Å². The monoisotopic (exact) mass is 172 g/mol. The maximum atomic E-state index is 12.9. The molecule has 0 unspecified atom stereocenters. The Kier molecular flexibility index (Phi) is 2.89. The zero-order valence-corrected chi connectivity index (χ0v) is 7.16. The minimum absolute atomic E-state index is 0.156. The smallest absolute Gasteiger partial charge is 0.126 e. The van der Waals surface area contributed by atoms with Crippen LogP contribution in [0, 0.1) is 12.7 Å². The number of hydrogen-bond acceptors (Lipinski definition) is 0. The molecule has 0 bridgehead atoms. The van der Waals surface area contributed by atoms with Gasteiger partial charge in [0, 0.05) is 5.88 Å². The van der Waals surface area contributed by atoms with Crippen molar-refractivity contribution in [3.8, 4) is 0 Å². The van der Waals surface area contributed by atoms with Crippen LogP contribution < -0.4 is 0 Å². The van der Waals surface area contributed by atoms with Gasteiger partial charge in [-0.25, -0.2) is 4.39 Å². The van der Waals surface area contributed by atoms with Crippen molar-refractivity contribution >= 4 is 11.6 Å². The molecule has 1 rings (SSSR count). The van der Waals surface area contributed by atoms with Crippen molar-refractivity contribution in [2.45, 2.75) is 13.3 Å². The summed E-state index contributed by atoms with van der Waals surface area (Å²) in [6.07, 6.45) is 0.606. The highest BCUT2D eigenvalue weighted by Gasteiger charge is 1.99. The Morgan fingerprint density at radius 1 is 1.45 bits per heavy atom. The third-order valence-corrected chi connectivity index (χ3v) is 1.75. The minimum atomic E-state index is -0.156. The second kappa shape index (κ2) is 3.72. The summed E-state index contributed by atoms with van der Waals surface area (Å²) in [4.78, 5) is 0. The Hall–Kier alpha value is -0.560. The molecule has 0 fully saturated rings. The minimum Gasteiger partial charge on any atom is -0.207 e. The van der Waals surface area contributed by atoms with Gasteiger partial charge in [-0.05, 0) is 25.0 Å². The van der Waals surface area contributed by atoms with Gasteiger partial charge in [-0.1, -0.05) is 17.7 Å². The maximum Gasteiger partial charge on any atom is 0.126 e. The Morgan fingerprint density at radius 3 is 2.82 bits per heavy atom. The van der Waals surface area contributed by atoms with E-state index in [1.165, 1.54) is 6.07 Å². The second-order valence-corrected chi connectivity index (χ2v) is 2.91. The van der Waals surface area contributed by atoms with Crippen molar-refractivity contribution in [2.24, 2.45) is 0 Å². The molecule has 0 saturated carbocycles. The van der Waals surface area contributed by atoms with Crippen molar-refractivity contribution in [2.75, 3.05) is 5.88 Å². The van der Waals surface area contributed by atoms with Crippen LogP contribution in [0.15, 0.2) is 18.2 Å². The van der Waals surface area contributed by atoms with Crippen molar-refractivity contribution in [3.05, 3.63) is 35.1 Å². The first kappa shape index (κ1) is 8.54. The van der Waals surface area contributed by atoms with Crippen LogP contribution in [0.25, 0.3) is 0 Å². The maximum absolute atomic E-state index is 12.9. The summed E-state index contributed by atoms with van der Waals surface area (Å²) >= 11 is 5.49. The first-order valence-corrected chi connectivity index (χ1v) is 4.08. The van der Waals surface area contributed by atoms with E-state index in [0.29, 0.717) is 17.9 Å². The van der Waals surface area contributed by atoms with E-state index in [-0.39, 0.29) is 5.82 Å². The molecule has 60 valence electrons. The van der Waals surface area contributed by atoms with Crippen LogP contribution in [0.5, 0.6) is 0 Å². The molecule has 0 heterocycles.